The van der Waals surface area contributed by atoms with Gasteiger partial charge in [0, 0.05) is 24.7 Å². The third-order valence-electron chi connectivity index (χ3n) is 4.62. The molecule has 0 aliphatic carbocycles. The van der Waals surface area contributed by atoms with E-state index in [1.54, 1.807) is 4.90 Å². The lowest BCUT2D eigenvalue weighted by molar-refractivity contribution is -0.135. The van der Waals surface area contributed by atoms with E-state index >= 15 is 0 Å². The summed E-state index contributed by atoms with van der Waals surface area (Å²) in [4.78, 5) is 14.5. The first kappa shape index (κ1) is 20.8. The Balaban J connectivity index is 1.80. The lowest BCUT2D eigenvalue weighted by atomic mass is 10.1. The fraction of sp³-hybridized carbons (Fsp3) is 0.350. The first-order valence-corrected chi connectivity index (χ1v) is 10.9. The first-order valence-electron chi connectivity index (χ1n) is 9.12. The molecule has 0 saturated carbocycles. The molecule has 0 N–H and O–H groups in total. The van der Waals surface area contributed by atoms with Crippen molar-refractivity contribution in [2.75, 3.05) is 39.4 Å². The summed E-state index contributed by atoms with van der Waals surface area (Å²) in [5.41, 5.74) is 1.01. The summed E-state index contributed by atoms with van der Waals surface area (Å²) >= 11 is 5.89. The number of benzene rings is 2. The Hall–Kier alpha value is -1.93. The molecule has 0 radical (unpaired) electrons. The second kappa shape index (κ2) is 9.52. The molecule has 1 fully saturated rings. The van der Waals surface area contributed by atoms with Crippen LogP contribution in [0.25, 0.3) is 0 Å². The fourth-order valence-corrected chi connectivity index (χ4v) is 4.52. The van der Waals surface area contributed by atoms with Gasteiger partial charge >= 0.3 is 0 Å². The highest BCUT2D eigenvalue weighted by Gasteiger charge is 2.29. The molecule has 2 aromatic carbocycles. The lowest BCUT2D eigenvalue weighted by Gasteiger charge is -2.29. The number of carbonyl (C=O) groups is 1. The second-order valence-electron chi connectivity index (χ2n) is 6.52. The Bertz CT molecular complexity index is 882. The van der Waals surface area contributed by atoms with Gasteiger partial charge in [-0.05, 0) is 36.2 Å². The number of halogens is 1. The molecule has 0 atom stereocenters. The van der Waals surface area contributed by atoms with Crippen molar-refractivity contribution >= 4 is 27.5 Å². The summed E-state index contributed by atoms with van der Waals surface area (Å²) < 4.78 is 32.9. The van der Waals surface area contributed by atoms with Gasteiger partial charge in [0.05, 0.1) is 24.7 Å². The van der Waals surface area contributed by atoms with Gasteiger partial charge in [0.1, 0.15) is 0 Å². The Labute approximate surface area is 170 Å². The van der Waals surface area contributed by atoms with Crippen LogP contribution in [0.3, 0.4) is 0 Å². The number of rotatable bonds is 7. The zero-order valence-electron chi connectivity index (χ0n) is 15.5. The molecule has 6 nitrogen and oxygen atoms in total. The molecule has 0 spiro atoms. The summed E-state index contributed by atoms with van der Waals surface area (Å²) in [6, 6.07) is 15.6. The van der Waals surface area contributed by atoms with Crippen LogP contribution in [0.5, 0.6) is 0 Å². The van der Waals surface area contributed by atoms with Crippen LogP contribution in [0.15, 0.2) is 59.5 Å². The zero-order chi connectivity index (χ0) is 20.0. The average molecular weight is 423 g/mol. The maximum absolute atomic E-state index is 13.2. The zero-order valence-corrected chi connectivity index (χ0v) is 17.0. The number of nitrogens with zero attached hydrogens (tertiary/aromatic N) is 2. The summed E-state index contributed by atoms with van der Waals surface area (Å²) in [7, 11) is -3.83. The molecule has 2 aromatic rings. The van der Waals surface area contributed by atoms with Crippen LogP contribution in [-0.4, -0.2) is 62.9 Å². The molecule has 0 unspecified atom stereocenters. The maximum atomic E-state index is 13.2. The second-order valence-corrected chi connectivity index (χ2v) is 8.90. The van der Waals surface area contributed by atoms with Crippen LogP contribution >= 0.6 is 11.6 Å². The summed E-state index contributed by atoms with van der Waals surface area (Å²) in [6.45, 7) is 1.92. The SMILES string of the molecule is O=C(CN(CCc1ccccc1)S(=O)(=O)c1ccc(Cl)cc1)N1CCOCC1. The minimum Gasteiger partial charge on any atom is -0.378 e. The highest BCUT2D eigenvalue weighted by molar-refractivity contribution is 7.89. The molecular weight excluding hydrogens is 400 g/mol. The monoisotopic (exact) mass is 422 g/mol. The van der Waals surface area contributed by atoms with Gasteiger partial charge in [0.25, 0.3) is 0 Å². The van der Waals surface area contributed by atoms with Crippen molar-refractivity contribution in [1.29, 1.82) is 0 Å². The minimum absolute atomic E-state index is 0.125. The molecule has 1 amide bonds. The Morgan fingerprint density at radius 3 is 2.32 bits per heavy atom. The number of hydrogen-bond donors (Lipinski definition) is 0. The Morgan fingerprint density at radius 1 is 1.04 bits per heavy atom. The van der Waals surface area contributed by atoms with Gasteiger partial charge < -0.3 is 9.64 Å². The number of sulfonamides is 1. The predicted octanol–water partition coefficient (Wildman–Crippen LogP) is 2.43. The van der Waals surface area contributed by atoms with Gasteiger partial charge in [-0.15, -0.1) is 0 Å². The summed E-state index contributed by atoms with van der Waals surface area (Å²) in [6.07, 6.45) is 0.518. The quantitative estimate of drug-likeness (QED) is 0.687. The topological polar surface area (TPSA) is 66.9 Å². The number of hydrogen-bond acceptors (Lipinski definition) is 4. The number of ether oxygens (including phenoxy) is 1. The molecule has 150 valence electrons. The van der Waals surface area contributed by atoms with Crippen LogP contribution in [0.1, 0.15) is 5.56 Å². The van der Waals surface area contributed by atoms with Gasteiger partial charge in [0.15, 0.2) is 0 Å². The largest absolute Gasteiger partial charge is 0.378 e. The van der Waals surface area contributed by atoms with Gasteiger partial charge in [-0.1, -0.05) is 41.9 Å². The van der Waals surface area contributed by atoms with Crippen LogP contribution < -0.4 is 0 Å². The van der Waals surface area contributed by atoms with Gasteiger partial charge in [0.2, 0.25) is 15.9 Å². The lowest BCUT2D eigenvalue weighted by Crippen LogP contribution is -2.47. The maximum Gasteiger partial charge on any atom is 0.243 e. The molecule has 3 rings (SSSR count). The van der Waals surface area contributed by atoms with E-state index in [1.807, 2.05) is 30.3 Å². The van der Waals surface area contributed by atoms with Crippen molar-refractivity contribution in [3.05, 3.63) is 65.2 Å². The molecule has 28 heavy (non-hydrogen) atoms. The van der Waals surface area contributed by atoms with Crippen LogP contribution in [0, 0.1) is 0 Å². The van der Waals surface area contributed by atoms with Crippen molar-refractivity contribution in [2.45, 2.75) is 11.3 Å². The Kier molecular flexibility index (Phi) is 7.07. The van der Waals surface area contributed by atoms with Crippen LogP contribution in [0.2, 0.25) is 5.02 Å². The highest BCUT2D eigenvalue weighted by Crippen LogP contribution is 2.19. The predicted molar refractivity (Wildman–Crippen MR) is 108 cm³/mol. The van der Waals surface area contributed by atoms with Crippen molar-refractivity contribution in [2.24, 2.45) is 0 Å². The van der Waals surface area contributed by atoms with E-state index in [1.165, 1.54) is 28.6 Å². The summed E-state index contributed by atoms with van der Waals surface area (Å²) in [5, 5.41) is 0.458. The average Bonchev–Trinajstić information content (AvgIpc) is 2.72. The molecule has 1 saturated heterocycles. The van der Waals surface area contributed by atoms with Gasteiger partial charge in [-0.3, -0.25) is 4.79 Å². The smallest absolute Gasteiger partial charge is 0.243 e. The highest BCUT2D eigenvalue weighted by atomic mass is 35.5. The molecule has 1 aliphatic rings. The minimum atomic E-state index is -3.83. The third kappa shape index (κ3) is 5.32. The number of carbonyl (C=O) groups excluding carboxylic acids is 1. The van der Waals surface area contributed by atoms with E-state index in [0.717, 1.165) is 5.56 Å². The van der Waals surface area contributed by atoms with E-state index in [4.69, 9.17) is 16.3 Å². The van der Waals surface area contributed by atoms with E-state index in [0.29, 0.717) is 37.7 Å². The van der Waals surface area contributed by atoms with Crippen molar-refractivity contribution in [3.8, 4) is 0 Å². The van der Waals surface area contributed by atoms with Crippen molar-refractivity contribution in [3.63, 3.8) is 0 Å². The molecule has 0 bridgehead atoms. The van der Waals surface area contributed by atoms with Crippen LogP contribution in [-0.2, 0) is 26.0 Å². The van der Waals surface area contributed by atoms with E-state index in [-0.39, 0.29) is 23.9 Å². The summed E-state index contributed by atoms with van der Waals surface area (Å²) in [5.74, 6) is -0.214. The van der Waals surface area contributed by atoms with Gasteiger partial charge in [-0.2, -0.15) is 4.31 Å². The number of amides is 1. The Morgan fingerprint density at radius 2 is 1.68 bits per heavy atom. The molecule has 1 aliphatic heterocycles. The first-order chi connectivity index (χ1) is 13.5. The molecule has 8 heteroatoms. The van der Waals surface area contributed by atoms with E-state index in [2.05, 4.69) is 0 Å². The third-order valence-corrected chi connectivity index (χ3v) is 6.73. The van der Waals surface area contributed by atoms with E-state index in [9.17, 15) is 13.2 Å². The normalized spacial score (nSPS) is 15.0. The van der Waals surface area contributed by atoms with Crippen molar-refractivity contribution < 1.29 is 17.9 Å². The molecular formula is C20H23ClN2O4S. The number of morpholine rings is 1. The molecule has 0 aromatic heterocycles. The fourth-order valence-electron chi connectivity index (χ4n) is 3.00. The van der Waals surface area contributed by atoms with Gasteiger partial charge in [-0.25, -0.2) is 8.42 Å². The molecule has 1 heterocycles. The van der Waals surface area contributed by atoms with Crippen molar-refractivity contribution in [1.82, 2.24) is 9.21 Å². The van der Waals surface area contributed by atoms with E-state index < -0.39 is 10.0 Å². The van der Waals surface area contributed by atoms with Crippen LogP contribution in [0.4, 0.5) is 0 Å². The standard InChI is InChI=1S/C20H23ClN2O4S/c21-18-6-8-19(9-7-18)28(25,26)23(11-10-17-4-2-1-3-5-17)16-20(24)22-12-14-27-15-13-22/h1-9H,10-16H2.